The average molecular weight is 477 g/mol. The fraction of sp³-hybridized carbons (Fsp3) is 0.920. The van der Waals surface area contributed by atoms with E-state index < -0.39 is 26.0 Å². The number of aliphatic hydroxyl groups is 2. The molecule has 3 rings (SSSR count). The molecule has 0 bridgehead atoms. The molecule has 8 atom stereocenters. The van der Waals surface area contributed by atoms with Crippen molar-refractivity contribution in [3.63, 3.8) is 0 Å². The summed E-state index contributed by atoms with van der Waals surface area (Å²) >= 11 is 0. The number of aliphatic hydroxyl groups excluding tert-OH is 2. The maximum Gasteiger partial charge on any atom is 0.163 e. The van der Waals surface area contributed by atoms with Crippen LogP contribution in [0.4, 0.5) is 0 Å². The largest absolute Gasteiger partial charge is 0.390 e. The van der Waals surface area contributed by atoms with Gasteiger partial charge in [0.25, 0.3) is 0 Å². The first kappa shape index (κ1) is 27.7. The van der Waals surface area contributed by atoms with Crippen molar-refractivity contribution in [2.75, 3.05) is 39.0 Å². The van der Waals surface area contributed by atoms with Gasteiger partial charge in [-0.1, -0.05) is 13.8 Å². The second kappa shape index (κ2) is 10.4. The molecule has 0 spiro atoms. The van der Waals surface area contributed by atoms with Gasteiger partial charge in [0.2, 0.25) is 0 Å². The fourth-order valence-corrected chi connectivity index (χ4v) is 7.40. The molecule has 2 aliphatic carbocycles. The normalized spacial score (nSPS) is 39.8. The monoisotopic (exact) mass is 476 g/mol. The quantitative estimate of drug-likeness (QED) is 0.545. The van der Waals surface area contributed by atoms with Gasteiger partial charge in [-0.15, -0.1) is 26.4 Å². The third kappa shape index (κ3) is 8.31. The van der Waals surface area contributed by atoms with Crippen LogP contribution in [0.2, 0.25) is 0 Å². The van der Waals surface area contributed by atoms with Gasteiger partial charge >= 0.3 is 0 Å². The molecule has 1 heterocycles. The van der Waals surface area contributed by atoms with E-state index in [4.69, 9.17) is 9.47 Å². The third-order valence-electron chi connectivity index (χ3n) is 7.16. The molecule has 184 valence electrons. The predicted molar refractivity (Wildman–Crippen MR) is 141 cm³/mol. The Hall–Kier alpha value is 0.440. The number of hydrogen-bond acceptors (Lipinski definition) is 4. The van der Waals surface area contributed by atoms with E-state index in [1.54, 1.807) is 0 Å². The second-order valence-corrected chi connectivity index (χ2v) is 21.0. The first-order chi connectivity index (χ1) is 14.0. The number of ether oxygens (including phenoxy) is 2. The van der Waals surface area contributed by atoms with Crippen molar-refractivity contribution < 1.29 is 19.7 Å². The van der Waals surface area contributed by atoms with E-state index >= 15 is 0 Å². The van der Waals surface area contributed by atoms with Gasteiger partial charge in [0, 0.05) is 0 Å². The molecule has 6 heteroatoms. The molecule has 1 saturated heterocycles. The highest BCUT2D eigenvalue weighted by Gasteiger charge is 2.52. The first-order valence-electron chi connectivity index (χ1n) is 12.1. The summed E-state index contributed by atoms with van der Waals surface area (Å²) in [6.45, 7) is 15.6. The Morgan fingerprint density at radius 2 is 1.23 bits per heavy atom. The smallest absolute Gasteiger partial charge is 0.163 e. The average Bonchev–Trinajstić information content (AvgIpc) is 3.16. The summed E-state index contributed by atoms with van der Waals surface area (Å²) in [7, 11) is 0. The van der Waals surface area contributed by atoms with E-state index in [1.807, 2.05) is 20.8 Å². The Morgan fingerprint density at radius 3 is 1.68 bits per heavy atom. The third-order valence-corrected chi connectivity index (χ3v) is 10.1. The Balaban J connectivity index is 0.000000225. The van der Waals surface area contributed by atoms with Gasteiger partial charge in [-0.25, -0.2) is 0 Å². The highest BCUT2D eigenvalue weighted by atomic mass is 31.2. The number of fused-ring (bicyclic) bond motifs is 1. The molecule has 0 aromatic carbocycles. The van der Waals surface area contributed by atoms with E-state index in [2.05, 4.69) is 46.2 Å². The highest BCUT2D eigenvalue weighted by molar-refractivity contribution is 7.72. The molecule has 8 unspecified atom stereocenters. The molecular formula is C25H50O4P2. The lowest BCUT2D eigenvalue weighted by atomic mass is 10.0. The van der Waals surface area contributed by atoms with Crippen LogP contribution in [-0.2, 0) is 9.47 Å². The van der Waals surface area contributed by atoms with Crippen molar-refractivity contribution >= 4 is 26.4 Å². The summed E-state index contributed by atoms with van der Waals surface area (Å²) in [4.78, 5) is 0. The van der Waals surface area contributed by atoms with Crippen LogP contribution in [0, 0.1) is 23.7 Å². The lowest BCUT2D eigenvalue weighted by Crippen LogP contribution is -2.27. The molecule has 0 aromatic heterocycles. The minimum atomic E-state index is -0.977. The lowest BCUT2D eigenvalue weighted by molar-refractivity contribution is -0.160. The maximum atomic E-state index is 9.77. The van der Waals surface area contributed by atoms with Crippen LogP contribution in [0.25, 0.3) is 0 Å². The van der Waals surface area contributed by atoms with Crippen LogP contribution >= 0.6 is 13.8 Å². The second-order valence-electron chi connectivity index (χ2n) is 12.4. The Kier molecular flexibility index (Phi) is 9.26. The summed E-state index contributed by atoms with van der Waals surface area (Å²) in [5, 5.41) is 19.4. The summed E-state index contributed by atoms with van der Waals surface area (Å²) in [6.07, 6.45) is 15.0. The zero-order valence-electron chi connectivity index (χ0n) is 21.4. The molecule has 0 amide bonds. The zero-order chi connectivity index (χ0) is 23.8. The predicted octanol–water partition coefficient (Wildman–Crippen LogP) is 4.73. The summed E-state index contributed by atoms with van der Waals surface area (Å²) in [6, 6.07) is 0. The molecule has 2 N–H and O–H groups in total. The van der Waals surface area contributed by atoms with Crippen LogP contribution in [-0.4, -0.2) is 92.0 Å². The molecule has 2 saturated carbocycles. The van der Waals surface area contributed by atoms with Gasteiger partial charge in [0.05, 0.1) is 24.4 Å². The van der Waals surface area contributed by atoms with Gasteiger partial charge < -0.3 is 19.7 Å². The molecule has 0 aromatic rings. The Labute approximate surface area is 192 Å². The first-order valence-corrected chi connectivity index (χ1v) is 18.2. The van der Waals surface area contributed by atoms with Crippen molar-refractivity contribution in [3.8, 4) is 0 Å². The van der Waals surface area contributed by atoms with E-state index in [9.17, 15) is 10.2 Å². The molecule has 4 nitrogen and oxygen atoms in total. The van der Waals surface area contributed by atoms with Crippen LogP contribution in [0.3, 0.4) is 0 Å². The minimum absolute atomic E-state index is 0.251. The fourth-order valence-electron chi connectivity index (χ4n) is 5.34. The van der Waals surface area contributed by atoms with Crippen molar-refractivity contribution in [1.82, 2.24) is 0 Å². The van der Waals surface area contributed by atoms with E-state index in [1.165, 1.54) is 19.0 Å². The highest BCUT2D eigenvalue weighted by Crippen LogP contribution is 2.48. The lowest BCUT2D eigenvalue weighted by Gasteiger charge is -2.23. The van der Waals surface area contributed by atoms with Crippen LogP contribution in [0.15, 0.2) is 0 Å². The van der Waals surface area contributed by atoms with Crippen molar-refractivity contribution in [2.24, 2.45) is 23.7 Å². The van der Waals surface area contributed by atoms with Crippen molar-refractivity contribution in [2.45, 2.75) is 83.6 Å². The van der Waals surface area contributed by atoms with Gasteiger partial charge in [0.1, 0.15) is 0 Å². The van der Waals surface area contributed by atoms with E-state index in [0.717, 1.165) is 19.0 Å². The summed E-state index contributed by atoms with van der Waals surface area (Å²) in [5.74, 6) is 1.48. The standard InChI is InChI=1S/C14H27O2P.C11H23O2P/c1-10-9-11(7-8-17(4,5)6)13-12(10)15-14(2,3)16-13;1-8-7-9(11(13)10(8)12)5-6-14(2,3)4/h10-13H,4,7-9H2,1-3,5-6H3;8-13H,2,5-7H2,1,3-4H3. The Bertz CT molecular complexity index is 679. The summed E-state index contributed by atoms with van der Waals surface area (Å²) in [5.41, 5.74) is 0. The molecule has 1 aliphatic heterocycles. The van der Waals surface area contributed by atoms with Crippen LogP contribution in [0.5, 0.6) is 0 Å². The maximum absolute atomic E-state index is 9.77. The van der Waals surface area contributed by atoms with Crippen molar-refractivity contribution in [3.05, 3.63) is 0 Å². The SMILES string of the molecule is C=P(C)(C)CCC1CC(C)C(O)C1O.C=P(C)(C)CCC1CC(C)C2OC(C)(C)OC12. The minimum Gasteiger partial charge on any atom is -0.390 e. The zero-order valence-corrected chi connectivity index (χ0v) is 23.2. The van der Waals surface area contributed by atoms with Gasteiger partial charge in [-0.05, 0) is 102 Å². The number of hydrogen-bond donors (Lipinski definition) is 2. The number of rotatable bonds is 6. The Morgan fingerprint density at radius 1 is 0.774 bits per heavy atom. The molecular weight excluding hydrogens is 426 g/mol. The van der Waals surface area contributed by atoms with Crippen LogP contribution in [0.1, 0.15) is 53.4 Å². The topological polar surface area (TPSA) is 58.9 Å². The van der Waals surface area contributed by atoms with Gasteiger partial charge in [0.15, 0.2) is 5.79 Å². The molecule has 31 heavy (non-hydrogen) atoms. The molecule has 3 aliphatic rings. The van der Waals surface area contributed by atoms with Gasteiger partial charge in [-0.2, -0.15) is 0 Å². The van der Waals surface area contributed by atoms with E-state index in [0.29, 0.717) is 30.0 Å². The van der Waals surface area contributed by atoms with Gasteiger partial charge in [-0.3, -0.25) is 0 Å². The van der Waals surface area contributed by atoms with Crippen LogP contribution < -0.4 is 0 Å². The van der Waals surface area contributed by atoms with E-state index in [-0.39, 0.29) is 11.7 Å². The molecule has 0 radical (unpaired) electrons. The van der Waals surface area contributed by atoms with Crippen molar-refractivity contribution in [1.29, 1.82) is 0 Å². The molecule has 3 fully saturated rings. The summed E-state index contributed by atoms with van der Waals surface area (Å²) < 4.78 is 12.1.